The first-order chi connectivity index (χ1) is 6.35. The van der Waals surface area contributed by atoms with Gasteiger partial charge in [0, 0.05) is 0 Å². The first-order valence-corrected chi connectivity index (χ1v) is 12.2. The van der Waals surface area contributed by atoms with Crippen molar-refractivity contribution in [3.8, 4) is 0 Å². The summed E-state index contributed by atoms with van der Waals surface area (Å²) >= 11 is -0.839. The van der Waals surface area contributed by atoms with E-state index in [4.69, 9.17) is 0 Å². The van der Waals surface area contributed by atoms with Gasteiger partial charge in [-0.1, -0.05) is 0 Å². The van der Waals surface area contributed by atoms with E-state index in [0.29, 0.717) is 0 Å². The maximum atomic E-state index is 2.33. The van der Waals surface area contributed by atoms with E-state index in [2.05, 4.69) is 20.8 Å². The van der Waals surface area contributed by atoms with Gasteiger partial charge in [0.05, 0.1) is 0 Å². The van der Waals surface area contributed by atoms with Gasteiger partial charge in [-0.2, -0.15) is 0 Å². The van der Waals surface area contributed by atoms with Crippen LogP contribution in [0.25, 0.3) is 0 Å². The third-order valence-corrected chi connectivity index (χ3v) is 11.7. The van der Waals surface area contributed by atoms with Gasteiger partial charge in [-0.05, 0) is 0 Å². The van der Waals surface area contributed by atoms with Crippen LogP contribution in [-0.4, -0.2) is 19.8 Å². The third-order valence-electron chi connectivity index (χ3n) is 2.65. The summed E-state index contributed by atoms with van der Waals surface area (Å²) < 4.78 is 5.04. The van der Waals surface area contributed by atoms with Gasteiger partial charge in [0.25, 0.3) is 0 Å². The van der Waals surface area contributed by atoms with Crippen molar-refractivity contribution < 1.29 is 0 Å². The van der Waals surface area contributed by atoms with Crippen molar-refractivity contribution in [2.45, 2.75) is 72.6 Å². The maximum absolute atomic E-state index is 2.33. The molecule has 0 aromatic carbocycles. The van der Waals surface area contributed by atoms with E-state index in [1.54, 1.807) is 13.3 Å². The predicted octanol–water partition coefficient (Wildman–Crippen LogP) is 5.04. The number of unbranched alkanes of at least 4 members (excludes halogenated alkanes) is 3. The molecule has 0 saturated heterocycles. The normalized spacial score (nSPS) is 10.3. The van der Waals surface area contributed by atoms with Crippen LogP contribution in [0.5, 0.6) is 0 Å². The monoisotopic (exact) mass is 308 g/mol. The zero-order valence-electron chi connectivity index (χ0n) is 10.6. The number of hydrogen-bond acceptors (Lipinski definition) is 1. The van der Waals surface area contributed by atoms with Crippen LogP contribution in [0, 0.1) is 0 Å². The minimum absolute atomic E-state index is 0. The molecule has 14 heavy (non-hydrogen) atoms. The van der Waals surface area contributed by atoms with Crippen molar-refractivity contribution in [1.82, 2.24) is 6.15 Å². The minimum atomic E-state index is -0.839. The average Bonchev–Trinajstić information content (AvgIpc) is 2.17. The van der Waals surface area contributed by atoms with Crippen LogP contribution in [0.15, 0.2) is 0 Å². The molecule has 2 heteroatoms. The Labute approximate surface area is 98.4 Å². The van der Waals surface area contributed by atoms with Crippen molar-refractivity contribution in [1.29, 1.82) is 0 Å². The fourth-order valence-corrected chi connectivity index (χ4v) is 11.1. The molecule has 1 radical (unpaired) electrons. The van der Waals surface area contributed by atoms with Gasteiger partial charge in [-0.15, -0.1) is 0 Å². The van der Waals surface area contributed by atoms with E-state index in [0.717, 1.165) is 0 Å². The van der Waals surface area contributed by atoms with Crippen molar-refractivity contribution in [2.75, 3.05) is 0 Å². The molecule has 0 aliphatic carbocycles. The molecule has 0 rings (SSSR count). The Kier molecular flexibility index (Phi) is 16.9. The summed E-state index contributed by atoms with van der Waals surface area (Å²) in [6.45, 7) is 7.00. The van der Waals surface area contributed by atoms with Crippen LogP contribution in [0.4, 0.5) is 0 Å². The summed E-state index contributed by atoms with van der Waals surface area (Å²) in [7, 11) is 0. The van der Waals surface area contributed by atoms with Crippen LogP contribution in [0.2, 0.25) is 13.3 Å². The van der Waals surface area contributed by atoms with E-state index in [1.807, 2.05) is 0 Å². The van der Waals surface area contributed by atoms with Crippen LogP contribution < -0.4 is 6.15 Å². The molecule has 0 atom stereocenters. The zero-order chi connectivity index (χ0) is 9.94. The van der Waals surface area contributed by atoms with Gasteiger partial charge >= 0.3 is 92.4 Å². The van der Waals surface area contributed by atoms with Gasteiger partial charge in [-0.3, -0.25) is 0 Å². The van der Waals surface area contributed by atoms with E-state index >= 15 is 0 Å². The molecule has 0 aliphatic heterocycles. The largest absolute Gasteiger partial charge is 0.344 e. The molecule has 0 heterocycles. The topological polar surface area (TPSA) is 35.0 Å². The molecule has 3 N–H and O–H groups in total. The minimum Gasteiger partial charge on any atom is -0.344 e. The second-order valence-electron chi connectivity index (χ2n) is 4.06. The Bertz CT molecular complexity index is 77.3. The molecule has 0 fully saturated rings. The molecule has 0 unspecified atom stereocenters. The fraction of sp³-hybridized carbons (Fsp3) is 1.00. The van der Waals surface area contributed by atoms with Crippen molar-refractivity contribution in [3.05, 3.63) is 0 Å². The molecule has 0 saturated carbocycles. The molecule has 0 aromatic rings. The van der Waals surface area contributed by atoms with Crippen LogP contribution in [0.1, 0.15) is 59.3 Å². The summed E-state index contributed by atoms with van der Waals surface area (Å²) in [5, 5.41) is 0. The molecule has 0 aliphatic rings. The Hall–Kier alpha value is 0.759. The smallest absolute Gasteiger partial charge is 0.344 e. The second-order valence-corrected chi connectivity index (χ2v) is 12.6. The van der Waals surface area contributed by atoms with Gasteiger partial charge in [-0.25, -0.2) is 0 Å². The van der Waals surface area contributed by atoms with Crippen LogP contribution in [-0.2, 0) is 0 Å². The Morgan fingerprint density at radius 1 is 0.643 bits per heavy atom. The molecule has 0 amide bonds. The van der Waals surface area contributed by atoms with E-state index < -0.39 is 19.8 Å². The fourth-order valence-electron chi connectivity index (χ4n) is 1.66. The Morgan fingerprint density at radius 3 is 1.14 bits per heavy atom. The van der Waals surface area contributed by atoms with Gasteiger partial charge in [0.1, 0.15) is 0 Å². The third kappa shape index (κ3) is 10.8. The van der Waals surface area contributed by atoms with E-state index in [-0.39, 0.29) is 6.15 Å². The molecule has 0 spiro atoms. The van der Waals surface area contributed by atoms with Gasteiger partial charge in [0.2, 0.25) is 0 Å². The number of rotatable bonds is 9. The standard InChI is InChI=1S/3C4H9.H3N.Sn/c3*1-3-4-2;;/h3*1,3-4H2,2H3;1H3;. The van der Waals surface area contributed by atoms with Gasteiger partial charge in [0.15, 0.2) is 0 Å². The molecule has 1 nitrogen and oxygen atoms in total. The summed E-state index contributed by atoms with van der Waals surface area (Å²) in [6, 6.07) is 0. The van der Waals surface area contributed by atoms with E-state index in [1.165, 1.54) is 38.5 Å². The summed E-state index contributed by atoms with van der Waals surface area (Å²) in [5.41, 5.74) is 0. The SMILES string of the molecule is CCC[CH2][Sn]([CH2]CCC)[CH2]CCC.N. The summed E-state index contributed by atoms with van der Waals surface area (Å²) in [4.78, 5) is 0. The summed E-state index contributed by atoms with van der Waals surface area (Å²) in [5.74, 6) is 0. The molecular formula is C12H30NSn. The molecular weight excluding hydrogens is 277 g/mol. The van der Waals surface area contributed by atoms with E-state index in [9.17, 15) is 0 Å². The first-order valence-electron chi connectivity index (χ1n) is 6.18. The quantitative estimate of drug-likeness (QED) is 0.595. The first kappa shape index (κ1) is 17.2. The van der Waals surface area contributed by atoms with Crippen LogP contribution in [0.3, 0.4) is 0 Å². The predicted molar refractivity (Wildman–Crippen MR) is 69.9 cm³/mol. The van der Waals surface area contributed by atoms with Crippen LogP contribution >= 0.6 is 0 Å². The second kappa shape index (κ2) is 13.8. The molecule has 0 bridgehead atoms. The van der Waals surface area contributed by atoms with Gasteiger partial charge < -0.3 is 6.15 Å². The summed E-state index contributed by atoms with van der Waals surface area (Å²) in [6.07, 6.45) is 8.85. The Morgan fingerprint density at radius 2 is 0.929 bits per heavy atom. The average molecular weight is 307 g/mol. The molecule has 87 valence electrons. The maximum Gasteiger partial charge on any atom is -0.344 e. The number of hydrogen-bond donors (Lipinski definition) is 1. The molecule has 0 aromatic heterocycles. The Balaban J connectivity index is 0. The zero-order valence-corrected chi connectivity index (χ0v) is 13.4. The van der Waals surface area contributed by atoms with Crippen molar-refractivity contribution >= 4 is 19.8 Å². The van der Waals surface area contributed by atoms with Crippen molar-refractivity contribution in [3.63, 3.8) is 0 Å². The van der Waals surface area contributed by atoms with Crippen molar-refractivity contribution in [2.24, 2.45) is 0 Å².